The molecular weight excluding hydrogens is 323 g/mol. The van der Waals surface area contributed by atoms with Crippen LogP contribution in [-0.2, 0) is 0 Å². The van der Waals surface area contributed by atoms with Gasteiger partial charge < -0.3 is 10.6 Å². The average Bonchev–Trinajstić information content (AvgIpc) is 3.11. The van der Waals surface area contributed by atoms with Gasteiger partial charge in [-0.2, -0.15) is 0 Å². The minimum Gasteiger partial charge on any atom is -0.399 e. The summed E-state index contributed by atoms with van der Waals surface area (Å²) in [6.45, 7) is 2.49. The maximum Gasteiger partial charge on any atom is 0.0503 e. The van der Waals surface area contributed by atoms with Crippen LogP contribution in [0.15, 0.2) is 18.2 Å². The molecule has 92 valence electrons. The molecule has 0 radical (unpaired) electrons. The van der Waals surface area contributed by atoms with Gasteiger partial charge in [0.2, 0.25) is 0 Å². The second kappa shape index (κ2) is 4.67. The number of nitrogens with zero attached hydrogens (tertiary/aromatic N) is 1. The minimum absolute atomic E-state index is 0.871. The van der Waals surface area contributed by atoms with E-state index in [-0.39, 0.29) is 0 Å². The number of rotatable bonds is 5. The molecule has 0 bridgehead atoms. The lowest BCUT2D eigenvalue weighted by Gasteiger charge is -2.26. The maximum absolute atomic E-state index is 5.83. The van der Waals surface area contributed by atoms with Crippen LogP contribution in [0.5, 0.6) is 0 Å². The van der Waals surface area contributed by atoms with Gasteiger partial charge in [0.15, 0.2) is 0 Å². The molecule has 0 aromatic heterocycles. The van der Waals surface area contributed by atoms with Gasteiger partial charge in [-0.15, -0.1) is 0 Å². The first-order valence-electron chi connectivity index (χ1n) is 6.52. The zero-order chi connectivity index (χ0) is 11.8. The molecule has 0 heterocycles. The van der Waals surface area contributed by atoms with Crippen molar-refractivity contribution < 1.29 is 0 Å². The van der Waals surface area contributed by atoms with Gasteiger partial charge in [0.1, 0.15) is 0 Å². The third kappa shape index (κ3) is 3.06. The Morgan fingerprint density at radius 1 is 1.12 bits per heavy atom. The molecule has 0 aliphatic heterocycles. The van der Waals surface area contributed by atoms with Crippen molar-refractivity contribution in [3.63, 3.8) is 0 Å². The van der Waals surface area contributed by atoms with Crippen molar-refractivity contribution in [2.75, 3.05) is 23.7 Å². The molecule has 2 saturated carbocycles. The van der Waals surface area contributed by atoms with Crippen molar-refractivity contribution in [3.8, 4) is 0 Å². The molecular formula is C14H19IN2. The lowest BCUT2D eigenvalue weighted by atomic mass is 10.2. The van der Waals surface area contributed by atoms with E-state index < -0.39 is 0 Å². The predicted octanol–water partition coefficient (Wildman–Crippen LogP) is 3.50. The van der Waals surface area contributed by atoms with Crippen molar-refractivity contribution in [2.45, 2.75) is 25.7 Å². The summed E-state index contributed by atoms with van der Waals surface area (Å²) >= 11 is 2.41. The average molecular weight is 342 g/mol. The molecule has 0 unspecified atom stereocenters. The standard InChI is InChI=1S/C14H19IN2/c15-13-7-12(16)5-6-14(13)17(8-10-1-2-10)9-11-3-4-11/h5-7,10-11H,1-4,8-9,16H2. The summed E-state index contributed by atoms with van der Waals surface area (Å²) < 4.78 is 1.30. The third-order valence-electron chi connectivity index (χ3n) is 3.66. The third-order valence-corrected chi connectivity index (χ3v) is 4.53. The normalized spacial score (nSPS) is 19.4. The van der Waals surface area contributed by atoms with Gasteiger partial charge in [-0.3, -0.25) is 0 Å². The summed E-state index contributed by atoms with van der Waals surface area (Å²) in [5.74, 6) is 1.89. The molecule has 0 saturated heterocycles. The van der Waals surface area contributed by atoms with Gasteiger partial charge in [-0.25, -0.2) is 0 Å². The summed E-state index contributed by atoms with van der Waals surface area (Å²) in [5.41, 5.74) is 8.09. The Balaban J connectivity index is 1.78. The topological polar surface area (TPSA) is 29.3 Å². The molecule has 17 heavy (non-hydrogen) atoms. The van der Waals surface area contributed by atoms with Crippen LogP contribution < -0.4 is 10.6 Å². The number of nitrogen functional groups attached to an aromatic ring is 1. The SMILES string of the molecule is Nc1ccc(N(CC2CC2)CC2CC2)c(I)c1. The van der Waals surface area contributed by atoms with E-state index in [1.165, 1.54) is 48.0 Å². The number of halogens is 1. The van der Waals surface area contributed by atoms with Crippen LogP contribution in [0.1, 0.15) is 25.7 Å². The van der Waals surface area contributed by atoms with Gasteiger partial charge in [0.25, 0.3) is 0 Å². The molecule has 0 amide bonds. The van der Waals surface area contributed by atoms with E-state index in [9.17, 15) is 0 Å². The van der Waals surface area contributed by atoms with Crippen LogP contribution in [0.3, 0.4) is 0 Å². The number of nitrogens with two attached hydrogens (primary N) is 1. The summed E-state index contributed by atoms with van der Waals surface area (Å²) in [6, 6.07) is 6.31. The smallest absolute Gasteiger partial charge is 0.0503 e. The molecule has 2 aliphatic rings. The van der Waals surface area contributed by atoms with E-state index >= 15 is 0 Å². The molecule has 3 heteroatoms. The molecule has 2 aliphatic carbocycles. The van der Waals surface area contributed by atoms with Crippen LogP contribution >= 0.6 is 22.6 Å². The van der Waals surface area contributed by atoms with Crippen molar-refractivity contribution in [2.24, 2.45) is 11.8 Å². The first-order chi connectivity index (χ1) is 8.22. The highest BCUT2D eigenvalue weighted by atomic mass is 127. The van der Waals surface area contributed by atoms with Crippen LogP contribution in [0.2, 0.25) is 0 Å². The van der Waals surface area contributed by atoms with Gasteiger partial charge in [0.05, 0.1) is 5.69 Å². The first kappa shape index (κ1) is 11.6. The molecule has 2 fully saturated rings. The highest BCUT2D eigenvalue weighted by Gasteiger charge is 2.29. The Hall–Kier alpha value is -0.450. The van der Waals surface area contributed by atoms with E-state index in [4.69, 9.17) is 5.73 Å². The van der Waals surface area contributed by atoms with E-state index in [2.05, 4.69) is 39.6 Å². The Bertz CT molecular complexity index is 397. The molecule has 2 nitrogen and oxygen atoms in total. The largest absolute Gasteiger partial charge is 0.399 e. The zero-order valence-electron chi connectivity index (χ0n) is 10.0. The Morgan fingerprint density at radius 3 is 2.18 bits per heavy atom. The van der Waals surface area contributed by atoms with Gasteiger partial charge in [0, 0.05) is 22.3 Å². The summed E-state index contributed by atoms with van der Waals surface area (Å²) in [6.07, 6.45) is 5.69. The van der Waals surface area contributed by atoms with Gasteiger partial charge in [-0.1, -0.05) is 0 Å². The number of benzene rings is 1. The van der Waals surface area contributed by atoms with E-state index in [1.54, 1.807) is 0 Å². The summed E-state index contributed by atoms with van der Waals surface area (Å²) in [4.78, 5) is 2.59. The second-order valence-corrected chi connectivity index (χ2v) is 6.66. The zero-order valence-corrected chi connectivity index (χ0v) is 12.2. The van der Waals surface area contributed by atoms with Crippen LogP contribution in [-0.4, -0.2) is 13.1 Å². The highest BCUT2D eigenvalue weighted by Crippen LogP contribution is 2.37. The Kier molecular flexibility index (Phi) is 3.19. The van der Waals surface area contributed by atoms with Crippen LogP contribution in [0.4, 0.5) is 11.4 Å². The van der Waals surface area contributed by atoms with Gasteiger partial charge in [-0.05, 0) is 78.3 Å². The van der Waals surface area contributed by atoms with Crippen molar-refractivity contribution in [1.82, 2.24) is 0 Å². The van der Waals surface area contributed by atoms with E-state index in [1.807, 2.05) is 6.07 Å². The number of hydrogen-bond donors (Lipinski definition) is 1. The summed E-state index contributed by atoms with van der Waals surface area (Å²) in [5, 5.41) is 0. The molecule has 3 rings (SSSR count). The fourth-order valence-electron chi connectivity index (χ4n) is 2.28. The van der Waals surface area contributed by atoms with Gasteiger partial charge >= 0.3 is 0 Å². The molecule has 2 N–H and O–H groups in total. The quantitative estimate of drug-likeness (QED) is 0.656. The molecule has 0 atom stereocenters. The molecule has 1 aromatic carbocycles. The van der Waals surface area contributed by atoms with Crippen LogP contribution in [0.25, 0.3) is 0 Å². The Labute approximate surface area is 117 Å². The first-order valence-corrected chi connectivity index (χ1v) is 7.60. The lowest BCUT2D eigenvalue weighted by Crippen LogP contribution is -2.28. The second-order valence-electron chi connectivity index (χ2n) is 5.50. The number of hydrogen-bond acceptors (Lipinski definition) is 2. The van der Waals surface area contributed by atoms with Crippen molar-refractivity contribution in [1.29, 1.82) is 0 Å². The molecule has 0 spiro atoms. The fraction of sp³-hybridized carbons (Fsp3) is 0.571. The minimum atomic E-state index is 0.871. The Morgan fingerprint density at radius 2 is 1.71 bits per heavy atom. The maximum atomic E-state index is 5.83. The number of anilines is 2. The van der Waals surface area contributed by atoms with Crippen LogP contribution in [0, 0.1) is 15.4 Å². The van der Waals surface area contributed by atoms with E-state index in [0.29, 0.717) is 0 Å². The predicted molar refractivity (Wildman–Crippen MR) is 81.2 cm³/mol. The monoisotopic (exact) mass is 342 g/mol. The fourth-order valence-corrected chi connectivity index (χ4v) is 3.16. The highest BCUT2D eigenvalue weighted by molar-refractivity contribution is 14.1. The summed E-state index contributed by atoms with van der Waals surface area (Å²) in [7, 11) is 0. The van der Waals surface area contributed by atoms with E-state index in [0.717, 1.165) is 17.5 Å². The van der Waals surface area contributed by atoms with Crippen molar-refractivity contribution in [3.05, 3.63) is 21.8 Å². The molecule has 1 aromatic rings. The lowest BCUT2D eigenvalue weighted by molar-refractivity contribution is 0.678. The van der Waals surface area contributed by atoms with Crippen molar-refractivity contribution >= 4 is 34.0 Å².